The molecule has 0 aromatic heterocycles. The van der Waals surface area contributed by atoms with Gasteiger partial charge in [0.15, 0.2) is 0 Å². The van der Waals surface area contributed by atoms with E-state index in [1.165, 1.54) is 0 Å². The summed E-state index contributed by atoms with van der Waals surface area (Å²) in [7, 11) is 0. The Hall–Kier alpha value is -1.10. The standard InChI is InChI=1S/C11H18N2O3/c1-7-6-13(8-2-3-8)11(16)9(12-7)4-5-10(14)15/h7-9,12H,2-6H2,1H3,(H,14,15). The van der Waals surface area contributed by atoms with Crippen LogP contribution < -0.4 is 5.32 Å². The second-order valence-corrected chi connectivity index (χ2v) is 4.77. The van der Waals surface area contributed by atoms with Crippen molar-refractivity contribution >= 4 is 11.9 Å². The van der Waals surface area contributed by atoms with Crippen LogP contribution in [0.4, 0.5) is 0 Å². The molecule has 1 saturated heterocycles. The molecular weight excluding hydrogens is 208 g/mol. The van der Waals surface area contributed by atoms with Crippen LogP contribution >= 0.6 is 0 Å². The summed E-state index contributed by atoms with van der Waals surface area (Å²) in [6.45, 7) is 2.79. The van der Waals surface area contributed by atoms with Crippen LogP contribution in [-0.4, -0.2) is 46.6 Å². The molecule has 0 spiro atoms. The summed E-state index contributed by atoms with van der Waals surface area (Å²) in [6, 6.07) is 0.377. The Kier molecular flexibility index (Phi) is 3.14. The fourth-order valence-electron chi connectivity index (χ4n) is 2.24. The van der Waals surface area contributed by atoms with Crippen molar-refractivity contribution in [2.24, 2.45) is 0 Å². The molecule has 2 atom stereocenters. The van der Waals surface area contributed by atoms with Crippen molar-refractivity contribution in [1.82, 2.24) is 10.2 Å². The zero-order chi connectivity index (χ0) is 11.7. The maximum Gasteiger partial charge on any atom is 0.303 e. The van der Waals surface area contributed by atoms with Crippen LogP contribution in [0.2, 0.25) is 0 Å². The Morgan fingerprint density at radius 1 is 1.56 bits per heavy atom. The monoisotopic (exact) mass is 226 g/mol. The molecule has 2 unspecified atom stereocenters. The topological polar surface area (TPSA) is 69.6 Å². The molecule has 1 aliphatic heterocycles. The molecule has 1 saturated carbocycles. The molecule has 2 fully saturated rings. The van der Waals surface area contributed by atoms with E-state index in [2.05, 4.69) is 5.32 Å². The largest absolute Gasteiger partial charge is 0.481 e. The quantitative estimate of drug-likeness (QED) is 0.718. The number of hydrogen-bond acceptors (Lipinski definition) is 3. The minimum atomic E-state index is -0.842. The number of nitrogens with zero attached hydrogens (tertiary/aromatic N) is 1. The minimum absolute atomic E-state index is 0.0502. The summed E-state index contributed by atoms with van der Waals surface area (Å²) in [6.07, 6.45) is 2.64. The molecule has 5 heteroatoms. The average Bonchev–Trinajstić information content (AvgIpc) is 3.02. The van der Waals surface area contributed by atoms with E-state index in [-0.39, 0.29) is 24.4 Å². The molecule has 0 bridgehead atoms. The molecule has 2 rings (SSSR count). The number of nitrogens with one attached hydrogen (secondary N) is 1. The van der Waals surface area contributed by atoms with Crippen molar-refractivity contribution in [2.75, 3.05) is 6.54 Å². The van der Waals surface area contributed by atoms with Crippen LogP contribution in [0.5, 0.6) is 0 Å². The molecule has 16 heavy (non-hydrogen) atoms. The third kappa shape index (κ3) is 2.52. The van der Waals surface area contributed by atoms with Crippen molar-refractivity contribution in [3.63, 3.8) is 0 Å². The lowest BCUT2D eigenvalue weighted by molar-refractivity contribution is -0.139. The van der Waals surface area contributed by atoms with Crippen LogP contribution in [0.1, 0.15) is 32.6 Å². The second-order valence-electron chi connectivity index (χ2n) is 4.77. The Labute approximate surface area is 94.8 Å². The van der Waals surface area contributed by atoms with Crippen molar-refractivity contribution in [2.45, 2.75) is 50.7 Å². The molecule has 1 heterocycles. The number of carboxylic acids is 1. The van der Waals surface area contributed by atoms with Gasteiger partial charge in [-0.3, -0.25) is 9.59 Å². The third-order valence-corrected chi connectivity index (χ3v) is 3.17. The molecule has 2 N–H and O–H groups in total. The van der Waals surface area contributed by atoms with Crippen molar-refractivity contribution < 1.29 is 14.7 Å². The van der Waals surface area contributed by atoms with Crippen LogP contribution in [0.3, 0.4) is 0 Å². The van der Waals surface area contributed by atoms with Crippen molar-refractivity contribution in [3.05, 3.63) is 0 Å². The van der Waals surface area contributed by atoms with Gasteiger partial charge in [-0.25, -0.2) is 0 Å². The summed E-state index contributed by atoms with van der Waals surface area (Å²) in [5, 5.41) is 11.8. The molecule has 0 radical (unpaired) electrons. The Bertz CT molecular complexity index is 302. The normalized spacial score (nSPS) is 30.6. The van der Waals surface area contributed by atoms with E-state index in [1.807, 2.05) is 11.8 Å². The summed E-state index contributed by atoms with van der Waals surface area (Å²) >= 11 is 0. The van der Waals surface area contributed by atoms with E-state index in [0.717, 1.165) is 19.4 Å². The van der Waals surface area contributed by atoms with E-state index in [9.17, 15) is 9.59 Å². The van der Waals surface area contributed by atoms with Gasteiger partial charge in [-0.05, 0) is 26.2 Å². The molecule has 1 aliphatic carbocycles. The predicted octanol–water partition coefficient (Wildman–Crippen LogP) is 0.203. The first-order valence-electron chi connectivity index (χ1n) is 5.86. The number of hydrogen-bond donors (Lipinski definition) is 2. The molecular formula is C11H18N2O3. The van der Waals surface area contributed by atoms with Gasteiger partial charge in [-0.2, -0.15) is 0 Å². The van der Waals surface area contributed by atoms with E-state index < -0.39 is 5.97 Å². The van der Waals surface area contributed by atoms with Gasteiger partial charge in [-0.15, -0.1) is 0 Å². The SMILES string of the molecule is CC1CN(C2CC2)C(=O)C(CCC(=O)O)N1. The summed E-state index contributed by atoms with van der Waals surface area (Å²) in [4.78, 5) is 24.5. The fraction of sp³-hybridized carbons (Fsp3) is 0.818. The van der Waals surface area contributed by atoms with Gasteiger partial charge in [0.05, 0.1) is 6.04 Å². The van der Waals surface area contributed by atoms with Crippen LogP contribution in [0.15, 0.2) is 0 Å². The minimum Gasteiger partial charge on any atom is -0.481 e. The van der Waals surface area contributed by atoms with Gasteiger partial charge in [0.25, 0.3) is 0 Å². The van der Waals surface area contributed by atoms with Crippen LogP contribution in [0.25, 0.3) is 0 Å². The first-order valence-corrected chi connectivity index (χ1v) is 5.86. The molecule has 90 valence electrons. The van der Waals surface area contributed by atoms with E-state index in [4.69, 9.17) is 5.11 Å². The van der Waals surface area contributed by atoms with E-state index in [0.29, 0.717) is 12.5 Å². The molecule has 0 aromatic carbocycles. The van der Waals surface area contributed by atoms with Gasteiger partial charge in [0, 0.05) is 25.0 Å². The highest BCUT2D eigenvalue weighted by Crippen LogP contribution is 2.29. The summed E-state index contributed by atoms with van der Waals surface area (Å²) in [5.74, 6) is -0.757. The molecule has 1 amide bonds. The molecule has 0 aromatic rings. The lowest BCUT2D eigenvalue weighted by atomic mass is 10.0. The van der Waals surface area contributed by atoms with Crippen molar-refractivity contribution in [1.29, 1.82) is 0 Å². The number of piperazine rings is 1. The lowest BCUT2D eigenvalue weighted by Gasteiger charge is -2.37. The fourth-order valence-corrected chi connectivity index (χ4v) is 2.24. The van der Waals surface area contributed by atoms with Gasteiger partial charge in [0.2, 0.25) is 5.91 Å². The first kappa shape index (κ1) is 11.4. The summed E-state index contributed by atoms with van der Waals surface area (Å²) < 4.78 is 0. The highest BCUT2D eigenvalue weighted by Gasteiger charge is 2.39. The number of carbonyl (C=O) groups excluding carboxylic acids is 1. The number of rotatable bonds is 4. The smallest absolute Gasteiger partial charge is 0.303 e. The van der Waals surface area contributed by atoms with Gasteiger partial charge in [-0.1, -0.05) is 0 Å². The Morgan fingerprint density at radius 2 is 2.25 bits per heavy atom. The van der Waals surface area contributed by atoms with Crippen molar-refractivity contribution in [3.8, 4) is 0 Å². The van der Waals surface area contributed by atoms with Crippen LogP contribution in [-0.2, 0) is 9.59 Å². The van der Waals surface area contributed by atoms with E-state index >= 15 is 0 Å². The molecule has 2 aliphatic rings. The van der Waals surface area contributed by atoms with Gasteiger partial charge < -0.3 is 15.3 Å². The van der Waals surface area contributed by atoms with E-state index in [1.54, 1.807) is 0 Å². The third-order valence-electron chi connectivity index (χ3n) is 3.17. The number of carbonyl (C=O) groups is 2. The Morgan fingerprint density at radius 3 is 2.81 bits per heavy atom. The molecule has 5 nitrogen and oxygen atoms in total. The zero-order valence-corrected chi connectivity index (χ0v) is 9.48. The maximum atomic E-state index is 12.0. The Balaban J connectivity index is 1.94. The second kappa shape index (κ2) is 4.41. The lowest BCUT2D eigenvalue weighted by Crippen LogP contribution is -2.59. The number of carboxylic acid groups (broad SMARTS) is 1. The predicted molar refractivity (Wildman–Crippen MR) is 58.0 cm³/mol. The first-order chi connectivity index (χ1) is 7.58. The average molecular weight is 226 g/mol. The summed E-state index contributed by atoms with van der Waals surface area (Å²) in [5.41, 5.74) is 0. The maximum absolute atomic E-state index is 12.0. The van der Waals surface area contributed by atoms with Crippen LogP contribution in [0, 0.1) is 0 Å². The van der Waals surface area contributed by atoms with Gasteiger partial charge >= 0.3 is 5.97 Å². The zero-order valence-electron chi connectivity index (χ0n) is 9.48. The van der Waals surface area contributed by atoms with Gasteiger partial charge in [0.1, 0.15) is 0 Å². The highest BCUT2D eigenvalue weighted by molar-refractivity contribution is 5.84. The number of aliphatic carboxylic acids is 1. The number of amides is 1. The highest BCUT2D eigenvalue weighted by atomic mass is 16.4.